The van der Waals surface area contributed by atoms with Crippen molar-refractivity contribution in [2.45, 2.75) is 370 Å². The van der Waals surface area contributed by atoms with Crippen molar-refractivity contribution in [2.75, 3.05) is 19.8 Å². The van der Waals surface area contributed by atoms with Crippen LogP contribution >= 0.6 is 0 Å². The van der Waals surface area contributed by atoms with Crippen LogP contribution in [0.3, 0.4) is 0 Å². The van der Waals surface area contributed by atoms with Gasteiger partial charge in [-0.05, 0) is 32.1 Å². The molecular formula is C66H125NO13. The smallest absolute Gasteiger partial charge is 0.220 e. The van der Waals surface area contributed by atoms with Crippen molar-refractivity contribution in [3.05, 3.63) is 24.3 Å². The molecule has 12 unspecified atom stereocenters. The number of amides is 1. The molecule has 12 atom stereocenters. The normalized spacial score (nSPS) is 24.3. The first-order valence-electron chi connectivity index (χ1n) is 33.6. The first-order chi connectivity index (χ1) is 39.1. The largest absolute Gasteiger partial charge is 0.394 e. The highest BCUT2D eigenvalue weighted by molar-refractivity contribution is 5.76. The van der Waals surface area contributed by atoms with Crippen molar-refractivity contribution in [1.82, 2.24) is 5.32 Å². The van der Waals surface area contributed by atoms with Crippen LogP contribution in [0.25, 0.3) is 0 Å². The van der Waals surface area contributed by atoms with E-state index in [0.717, 1.165) is 32.1 Å². The van der Waals surface area contributed by atoms with Gasteiger partial charge in [0.2, 0.25) is 5.91 Å². The Morgan fingerprint density at radius 1 is 0.438 bits per heavy atom. The second-order valence-electron chi connectivity index (χ2n) is 24.0. The lowest BCUT2D eigenvalue weighted by Gasteiger charge is -2.46. The number of unbranched alkanes of at least 4 members (excludes halogenated alkanes) is 40. The highest BCUT2D eigenvalue weighted by Gasteiger charge is 2.51. The number of aliphatic hydroxyl groups is 8. The quantitative estimate of drug-likeness (QED) is 0.0204. The van der Waals surface area contributed by atoms with E-state index in [0.29, 0.717) is 12.8 Å². The summed E-state index contributed by atoms with van der Waals surface area (Å²) < 4.78 is 22.8. The Morgan fingerprint density at radius 3 is 1.23 bits per heavy atom. The zero-order valence-electron chi connectivity index (χ0n) is 51.1. The highest BCUT2D eigenvalue weighted by atomic mass is 16.7. The van der Waals surface area contributed by atoms with Crippen molar-refractivity contribution in [1.29, 1.82) is 0 Å². The summed E-state index contributed by atoms with van der Waals surface area (Å²) in [5.74, 6) is -0.242. The Morgan fingerprint density at radius 2 is 0.800 bits per heavy atom. The Kier molecular flexibility index (Phi) is 48.3. The van der Waals surface area contributed by atoms with Crippen LogP contribution in [0.15, 0.2) is 24.3 Å². The number of carbonyl (C=O) groups excluding carboxylic acids is 1. The molecule has 2 fully saturated rings. The second kappa shape index (κ2) is 51.9. The van der Waals surface area contributed by atoms with E-state index in [9.17, 15) is 45.6 Å². The number of rotatable bonds is 55. The molecule has 1 amide bonds. The second-order valence-corrected chi connectivity index (χ2v) is 24.0. The van der Waals surface area contributed by atoms with Crippen LogP contribution in [0, 0.1) is 0 Å². The summed E-state index contributed by atoms with van der Waals surface area (Å²) in [5.41, 5.74) is 0. The van der Waals surface area contributed by atoms with Gasteiger partial charge in [-0.3, -0.25) is 4.79 Å². The van der Waals surface area contributed by atoms with Gasteiger partial charge in [0.15, 0.2) is 12.6 Å². The SMILES string of the molecule is CCCCCCCCCCCCCCC/C=C/CC/C=C/C(O)C(COC1OC(CO)C(OC2OC(CO)C(O)C(O)C2O)C(O)C1O)NC(=O)CCCCCCCCCCCCCCCCCCCCCCCCCCCCC. The minimum atomic E-state index is -1.79. The Balaban J connectivity index is 1.70. The van der Waals surface area contributed by atoms with Gasteiger partial charge < -0.3 is 65.1 Å². The van der Waals surface area contributed by atoms with Crippen LogP contribution in [-0.2, 0) is 23.7 Å². The fourth-order valence-electron chi connectivity index (χ4n) is 11.3. The number of nitrogens with one attached hydrogen (secondary N) is 1. The van der Waals surface area contributed by atoms with Gasteiger partial charge in [0.25, 0.3) is 0 Å². The highest BCUT2D eigenvalue weighted by Crippen LogP contribution is 2.30. The van der Waals surface area contributed by atoms with E-state index >= 15 is 0 Å². The Labute approximate surface area is 488 Å². The van der Waals surface area contributed by atoms with Gasteiger partial charge in [-0.15, -0.1) is 0 Å². The summed E-state index contributed by atoms with van der Waals surface area (Å²) in [7, 11) is 0. The average Bonchev–Trinajstić information content (AvgIpc) is 3.46. The molecule has 9 N–H and O–H groups in total. The minimum absolute atomic E-state index is 0.242. The Bertz CT molecular complexity index is 1440. The zero-order chi connectivity index (χ0) is 58.1. The van der Waals surface area contributed by atoms with E-state index in [4.69, 9.17) is 18.9 Å². The van der Waals surface area contributed by atoms with E-state index in [1.165, 1.54) is 231 Å². The molecule has 2 aliphatic heterocycles. The summed E-state index contributed by atoms with van der Waals surface area (Å²) in [4.78, 5) is 13.3. The molecule has 2 rings (SSSR count). The van der Waals surface area contributed by atoms with Crippen LogP contribution in [0.1, 0.15) is 296 Å². The first kappa shape index (κ1) is 74.6. The summed E-state index contributed by atoms with van der Waals surface area (Å²) in [5, 5.41) is 87.3. The molecule has 0 aromatic heterocycles. The lowest BCUT2D eigenvalue weighted by molar-refractivity contribution is -0.359. The van der Waals surface area contributed by atoms with Gasteiger partial charge in [0.1, 0.15) is 48.8 Å². The molecule has 0 saturated carbocycles. The maximum Gasteiger partial charge on any atom is 0.220 e. The van der Waals surface area contributed by atoms with Gasteiger partial charge in [-0.25, -0.2) is 0 Å². The number of aliphatic hydroxyl groups excluding tert-OH is 8. The number of hydrogen-bond donors (Lipinski definition) is 9. The van der Waals surface area contributed by atoms with E-state index < -0.39 is 86.8 Å². The molecule has 2 saturated heterocycles. The van der Waals surface area contributed by atoms with E-state index in [-0.39, 0.29) is 18.9 Å². The molecule has 0 radical (unpaired) electrons. The average molecular weight is 1140 g/mol. The standard InChI is InChI=1S/C66H125NO13/c1-3-5-7-9-11-13-15-17-19-21-23-24-25-26-27-28-29-30-32-34-36-38-40-42-44-46-48-50-58(71)67-54(55(70)49-47-45-43-41-39-37-35-33-31-22-20-18-16-14-12-10-8-6-4-2)53-77-65-63(76)61(74)64(57(52-69)79-65)80-66-62(75)60(73)59(72)56(51-68)78-66/h39,41,47,49,54-57,59-66,68-70,72-76H,3-38,40,42-46,48,50-53H2,1-2H3,(H,67,71)/b41-39+,49-47+. The fraction of sp³-hybridized carbons (Fsp3) is 0.924. The van der Waals surface area contributed by atoms with Gasteiger partial charge in [-0.1, -0.05) is 282 Å². The monoisotopic (exact) mass is 1140 g/mol. The molecular weight excluding hydrogens is 1010 g/mol. The minimum Gasteiger partial charge on any atom is -0.394 e. The van der Waals surface area contributed by atoms with Crippen molar-refractivity contribution in [3.63, 3.8) is 0 Å². The van der Waals surface area contributed by atoms with Gasteiger partial charge in [0.05, 0.1) is 32.0 Å². The molecule has 2 aliphatic rings. The summed E-state index contributed by atoms with van der Waals surface area (Å²) in [6, 6.07) is -0.928. The molecule has 0 spiro atoms. The van der Waals surface area contributed by atoms with E-state index in [1.807, 2.05) is 6.08 Å². The number of ether oxygens (including phenoxy) is 4. The van der Waals surface area contributed by atoms with Crippen LogP contribution in [0.4, 0.5) is 0 Å². The third-order valence-corrected chi connectivity index (χ3v) is 16.6. The van der Waals surface area contributed by atoms with Crippen molar-refractivity contribution < 1.29 is 64.6 Å². The molecule has 2 heterocycles. The maximum atomic E-state index is 13.3. The van der Waals surface area contributed by atoms with Gasteiger partial charge >= 0.3 is 0 Å². The first-order valence-corrected chi connectivity index (χ1v) is 33.6. The third-order valence-electron chi connectivity index (χ3n) is 16.6. The van der Waals surface area contributed by atoms with Crippen LogP contribution in [0.5, 0.6) is 0 Å². The van der Waals surface area contributed by atoms with Crippen molar-refractivity contribution in [2.24, 2.45) is 0 Å². The molecule has 0 bridgehead atoms. The summed E-state index contributed by atoms with van der Waals surface area (Å²) >= 11 is 0. The summed E-state index contributed by atoms with van der Waals surface area (Å²) in [6.07, 6.45) is 46.6. The molecule has 14 nitrogen and oxygen atoms in total. The lowest BCUT2D eigenvalue weighted by Crippen LogP contribution is -2.65. The predicted octanol–water partition coefficient (Wildman–Crippen LogP) is 12.8. The maximum absolute atomic E-state index is 13.3. The summed E-state index contributed by atoms with van der Waals surface area (Å²) in [6.45, 7) is 2.83. The number of allylic oxidation sites excluding steroid dienone is 3. The number of hydrogen-bond acceptors (Lipinski definition) is 13. The van der Waals surface area contributed by atoms with E-state index in [2.05, 4.69) is 31.3 Å². The molecule has 0 aromatic rings. The van der Waals surface area contributed by atoms with Crippen molar-refractivity contribution in [3.8, 4) is 0 Å². The molecule has 80 heavy (non-hydrogen) atoms. The van der Waals surface area contributed by atoms with Crippen LogP contribution in [-0.4, -0.2) is 140 Å². The van der Waals surface area contributed by atoms with E-state index in [1.54, 1.807) is 6.08 Å². The third kappa shape index (κ3) is 36.3. The van der Waals surface area contributed by atoms with Crippen molar-refractivity contribution >= 4 is 5.91 Å². The van der Waals surface area contributed by atoms with Crippen LogP contribution < -0.4 is 5.32 Å². The van der Waals surface area contributed by atoms with Crippen LogP contribution in [0.2, 0.25) is 0 Å². The molecule has 14 heteroatoms. The fourth-order valence-corrected chi connectivity index (χ4v) is 11.3. The molecule has 472 valence electrons. The molecule has 0 aliphatic carbocycles. The zero-order valence-corrected chi connectivity index (χ0v) is 51.1. The number of carbonyl (C=O) groups is 1. The topological polar surface area (TPSA) is 228 Å². The van der Waals surface area contributed by atoms with Gasteiger partial charge in [0, 0.05) is 6.42 Å². The predicted molar refractivity (Wildman–Crippen MR) is 323 cm³/mol. The lowest BCUT2D eigenvalue weighted by atomic mass is 9.97. The van der Waals surface area contributed by atoms with Gasteiger partial charge in [-0.2, -0.15) is 0 Å². The molecule has 0 aromatic carbocycles. The Hall–Kier alpha value is -1.53.